The summed E-state index contributed by atoms with van der Waals surface area (Å²) in [6.07, 6.45) is 6.11. The number of hydrogen-bond donors (Lipinski definition) is 1. The average Bonchev–Trinajstić information content (AvgIpc) is 3.39. The summed E-state index contributed by atoms with van der Waals surface area (Å²) in [5.41, 5.74) is 0.738. The molecule has 0 saturated carbocycles. The van der Waals surface area contributed by atoms with E-state index in [4.69, 9.17) is 4.42 Å². The van der Waals surface area contributed by atoms with Crippen molar-refractivity contribution in [1.29, 1.82) is 0 Å². The number of fused-ring (bicyclic) bond motifs is 1. The van der Waals surface area contributed by atoms with Crippen molar-refractivity contribution >= 4 is 15.9 Å². The van der Waals surface area contributed by atoms with E-state index >= 15 is 0 Å². The number of nitrogens with zero attached hydrogens (tertiary/aromatic N) is 4. The minimum absolute atomic E-state index is 0.106. The molecular formula is C18H19N5O4S. The lowest BCUT2D eigenvalue weighted by atomic mass is 10.1. The predicted octanol–water partition coefficient (Wildman–Crippen LogP) is 1.32. The highest BCUT2D eigenvalue weighted by atomic mass is 32.2. The Hall–Kier alpha value is -2.98. The summed E-state index contributed by atoms with van der Waals surface area (Å²) in [6.45, 7) is 0.629. The van der Waals surface area contributed by atoms with Crippen LogP contribution >= 0.6 is 0 Å². The minimum Gasteiger partial charge on any atom is -0.467 e. The van der Waals surface area contributed by atoms with E-state index in [2.05, 4.69) is 15.4 Å². The molecule has 1 amide bonds. The Morgan fingerprint density at radius 1 is 1.25 bits per heavy atom. The van der Waals surface area contributed by atoms with Crippen molar-refractivity contribution in [3.63, 3.8) is 0 Å². The Morgan fingerprint density at radius 3 is 2.89 bits per heavy atom. The Balaban J connectivity index is 1.50. The van der Waals surface area contributed by atoms with Crippen molar-refractivity contribution in [1.82, 2.24) is 24.4 Å². The van der Waals surface area contributed by atoms with E-state index in [0.29, 0.717) is 5.76 Å². The van der Waals surface area contributed by atoms with Crippen molar-refractivity contribution < 1.29 is 17.6 Å². The summed E-state index contributed by atoms with van der Waals surface area (Å²) < 4.78 is 34.2. The van der Waals surface area contributed by atoms with Gasteiger partial charge in [0.05, 0.1) is 37.5 Å². The second-order valence-electron chi connectivity index (χ2n) is 6.47. The predicted molar refractivity (Wildman–Crippen MR) is 98.3 cm³/mol. The molecule has 1 aliphatic heterocycles. The zero-order valence-corrected chi connectivity index (χ0v) is 15.7. The molecular weight excluding hydrogens is 382 g/mol. The molecule has 1 N–H and O–H groups in total. The van der Waals surface area contributed by atoms with E-state index in [1.165, 1.54) is 22.8 Å². The Morgan fingerprint density at radius 2 is 2.14 bits per heavy atom. The molecule has 4 rings (SSSR count). The average molecular weight is 401 g/mol. The molecule has 0 saturated heterocycles. The van der Waals surface area contributed by atoms with E-state index < -0.39 is 16.1 Å². The fourth-order valence-corrected chi connectivity index (χ4v) is 4.63. The van der Waals surface area contributed by atoms with Gasteiger partial charge in [0, 0.05) is 25.1 Å². The van der Waals surface area contributed by atoms with Crippen molar-refractivity contribution in [3.05, 3.63) is 66.6 Å². The fraction of sp³-hybridized carbons (Fsp3) is 0.278. The van der Waals surface area contributed by atoms with Crippen LogP contribution in [0, 0.1) is 0 Å². The van der Waals surface area contributed by atoms with Gasteiger partial charge in [-0.2, -0.15) is 9.40 Å². The second kappa shape index (κ2) is 7.56. The van der Waals surface area contributed by atoms with Crippen LogP contribution in [0.15, 0.2) is 64.5 Å². The Labute approximate surface area is 162 Å². The maximum Gasteiger partial charge on any atom is 0.245 e. The number of amides is 1. The van der Waals surface area contributed by atoms with Gasteiger partial charge in [0.15, 0.2) is 0 Å². The number of furan rings is 1. The van der Waals surface area contributed by atoms with Crippen LogP contribution in [0.5, 0.6) is 0 Å². The van der Waals surface area contributed by atoms with Gasteiger partial charge in [-0.1, -0.05) is 0 Å². The minimum atomic E-state index is -3.72. The zero-order valence-electron chi connectivity index (χ0n) is 14.9. The Bertz CT molecular complexity index is 1050. The van der Waals surface area contributed by atoms with Crippen LogP contribution in [0.2, 0.25) is 0 Å². The monoisotopic (exact) mass is 401 g/mol. The second-order valence-corrected chi connectivity index (χ2v) is 8.41. The third-order valence-electron chi connectivity index (χ3n) is 4.58. The van der Waals surface area contributed by atoms with E-state index in [-0.39, 0.29) is 36.9 Å². The molecule has 10 heteroatoms. The van der Waals surface area contributed by atoms with E-state index in [0.717, 1.165) is 5.69 Å². The van der Waals surface area contributed by atoms with Gasteiger partial charge >= 0.3 is 0 Å². The fourth-order valence-electron chi connectivity index (χ4n) is 3.22. The molecule has 0 radical (unpaired) electrons. The van der Waals surface area contributed by atoms with Crippen LogP contribution in [-0.4, -0.2) is 39.9 Å². The molecule has 1 aliphatic rings. The smallest absolute Gasteiger partial charge is 0.245 e. The summed E-state index contributed by atoms with van der Waals surface area (Å²) in [4.78, 5) is 16.4. The van der Waals surface area contributed by atoms with Gasteiger partial charge in [-0.25, -0.2) is 8.42 Å². The van der Waals surface area contributed by atoms with Gasteiger partial charge in [-0.05, 0) is 30.3 Å². The van der Waals surface area contributed by atoms with Crippen molar-refractivity contribution in [2.24, 2.45) is 0 Å². The number of nitrogens with one attached hydrogen (secondary N) is 1. The normalized spacial score (nSPS) is 17.2. The Kier molecular flexibility index (Phi) is 4.97. The van der Waals surface area contributed by atoms with Crippen LogP contribution in [0.25, 0.3) is 0 Å². The summed E-state index contributed by atoms with van der Waals surface area (Å²) in [7, 11) is -3.72. The SMILES string of the molecule is O=C(C[C@@H]1CN(S(=O)(=O)c2cccnc2)Cc2ccnn21)NCc1ccco1. The molecule has 0 aromatic carbocycles. The number of pyridine rings is 1. The number of carbonyl (C=O) groups is 1. The molecule has 0 aliphatic carbocycles. The van der Waals surface area contributed by atoms with Gasteiger partial charge in [0.2, 0.25) is 15.9 Å². The number of hydrogen-bond acceptors (Lipinski definition) is 6. The molecule has 28 heavy (non-hydrogen) atoms. The van der Waals surface area contributed by atoms with Gasteiger partial charge in [0.25, 0.3) is 0 Å². The van der Waals surface area contributed by atoms with Crippen LogP contribution in [0.3, 0.4) is 0 Å². The first-order valence-corrected chi connectivity index (χ1v) is 10.2. The maximum atomic E-state index is 13.0. The molecule has 0 unspecified atom stereocenters. The van der Waals surface area contributed by atoms with Crippen LogP contribution in [0.1, 0.15) is 23.9 Å². The highest BCUT2D eigenvalue weighted by Crippen LogP contribution is 2.27. The summed E-state index contributed by atoms with van der Waals surface area (Å²) in [6, 6.07) is 7.98. The van der Waals surface area contributed by atoms with E-state index in [1.807, 2.05) is 0 Å². The molecule has 0 spiro atoms. The summed E-state index contributed by atoms with van der Waals surface area (Å²) >= 11 is 0. The zero-order chi connectivity index (χ0) is 19.6. The molecule has 9 nitrogen and oxygen atoms in total. The van der Waals surface area contributed by atoms with Gasteiger partial charge < -0.3 is 9.73 Å². The first-order chi connectivity index (χ1) is 13.5. The molecule has 0 fully saturated rings. The quantitative estimate of drug-likeness (QED) is 0.667. The molecule has 1 atom stereocenters. The standard InChI is InChI=1S/C18H19N5O4S/c24-18(20-10-16-3-2-8-27-16)9-15-13-22(12-14-5-7-21-23(14)15)28(25,26)17-4-1-6-19-11-17/h1-8,11,15H,9-10,12-13H2,(H,20,24)/t15-/m1/s1. The number of aromatic nitrogens is 3. The van der Waals surface area contributed by atoms with E-state index in [9.17, 15) is 13.2 Å². The van der Waals surface area contributed by atoms with Gasteiger partial charge in [-0.15, -0.1) is 0 Å². The lowest BCUT2D eigenvalue weighted by molar-refractivity contribution is -0.122. The lowest BCUT2D eigenvalue weighted by Crippen LogP contribution is -2.42. The first-order valence-electron chi connectivity index (χ1n) is 8.75. The third-order valence-corrected chi connectivity index (χ3v) is 6.38. The molecule has 146 valence electrons. The van der Waals surface area contributed by atoms with Crippen molar-refractivity contribution in [3.8, 4) is 0 Å². The molecule has 3 aromatic heterocycles. The first kappa shape index (κ1) is 18.4. The van der Waals surface area contributed by atoms with Crippen molar-refractivity contribution in [2.45, 2.75) is 30.4 Å². The number of rotatable bonds is 6. The maximum absolute atomic E-state index is 13.0. The molecule has 3 aromatic rings. The molecule has 4 heterocycles. The highest BCUT2D eigenvalue weighted by Gasteiger charge is 2.34. The summed E-state index contributed by atoms with van der Waals surface area (Å²) in [5, 5.41) is 7.06. The van der Waals surface area contributed by atoms with Gasteiger partial charge in [0.1, 0.15) is 10.7 Å². The largest absolute Gasteiger partial charge is 0.467 e. The topological polar surface area (TPSA) is 110 Å². The third kappa shape index (κ3) is 3.69. The van der Waals surface area contributed by atoms with Crippen molar-refractivity contribution in [2.75, 3.05) is 6.54 Å². The van der Waals surface area contributed by atoms with Crippen LogP contribution in [-0.2, 0) is 27.9 Å². The highest BCUT2D eigenvalue weighted by molar-refractivity contribution is 7.89. The lowest BCUT2D eigenvalue weighted by Gasteiger charge is -2.32. The van der Waals surface area contributed by atoms with Crippen LogP contribution < -0.4 is 5.32 Å². The van der Waals surface area contributed by atoms with E-state index in [1.54, 1.807) is 41.4 Å². The van der Waals surface area contributed by atoms with Gasteiger partial charge in [-0.3, -0.25) is 14.5 Å². The number of carbonyl (C=O) groups excluding carboxylic acids is 1. The van der Waals surface area contributed by atoms with Crippen LogP contribution in [0.4, 0.5) is 0 Å². The molecule has 0 bridgehead atoms. The number of sulfonamides is 1. The summed E-state index contributed by atoms with van der Waals surface area (Å²) in [5.74, 6) is 0.445.